The fourth-order valence-corrected chi connectivity index (χ4v) is 1.96. The Balaban J connectivity index is 2.11. The maximum atomic E-state index is 13.0. The minimum atomic E-state index is -0.304. The van der Waals surface area contributed by atoms with E-state index >= 15 is 0 Å². The number of hydrogen-bond donors (Lipinski definition) is 1. The molecule has 1 amide bonds. The van der Waals surface area contributed by atoms with E-state index in [-0.39, 0.29) is 11.7 Å². The van der Waals surface area contributed by atoms with Crippen LogP contribution in [0.1, 0.15) is 6.92 Å². The maximum Gasteiger partial charge on any atom is 0.221 e. The molecule has 0 fully saturated rings. The van der Waals surface area contributed by atoms with E-state index in [9.17, 15) is 9.18 Å². The first-order valence-corrected chi connectivity index (χ1v) is 6.02. The molecule has 0 unspecified atom stereocenters. The minimum Gasteiger partial charge on any atom is -0.325 e. The fourth-order valence-electron chi connectivity index (χ4n) is 1.96. The Morgan fingerprint density at radius 1 is 1.15 bits per heavy atom. The summed E-state index contributed by atoms with van der Waals surface area (Å²) in [4.78, 5) is 11.1. The summed E-state index contributed by atoms with van der Waals surface area (Å²) in [6.07, 6.45) is 1.73. The highest BCUT2D eigenvalue weighted by Crippen LogP contribution is 2.20. The van der Waals surface area contributed by atoms with Gasteiger partial charge in [-0.2, -0.15) is 0 Å². The number of anilines is 1. The monoisotopic (exact) mass is 270 g/mol. The Labute approximate surface area is 114 Å². The molecule has 1 aromatic carbocycles. The van der Waals surface area contributed by atoms with Crippen LogP contribution in [0.5, 0.6) is 0 Å². The third kappa shape index (κ3) is 2.23. The molecule has 3 aromatic rings. The van der Waals surface area contributed by atoms with E-state index in [1.165, 1.54) is 19.1 Å². The topological polar surface area (TPSA) is 59.3 Å². The van der Waals surface area contributed by atoms with Crippen molar-refractivity contribution < 1.29 is 9.18 Å². The highest BCUT2D eigenvalue weighted by atomic mass is 19.1. The summed E-state index contributed by atoms with van der Waals surface area (Å²) < 4.78 is 14.7. The summed E-state index contributed by atoms with van der Waals surface area (Å²) in [6, 6.07) is 9.51. The van der Waals surface area contributed by atoms with Gasteiger partial charge < -0.3 is 5.32 Å². The van der Waals surface area contributed by atoms with Crippen LogP contribution in [0.4, 0.5) is 10.1 Å². The normalized spacial score (nSPS) is 10.7. The average Bonchev–Trinajstić information content (AvgIpc) is 2.82. The van der Waals surface area contributed by atoms with Gasteiger partial charge in [0.15, 0.2) is 11.5 Å². The Kier molecular flexibility index (Phi) is 2.90. The summed E-state index contributed by atoms with van der Waals surface area (Å²) in [6.45, 7) is 1.44. The van der Waals surface area contributed by atoms with E-state index in [2.05, 4.69) is 15.5 Å². The quantitative estimate of drug-likeness (QED) is 0.778. The number of carbonyl (C=O) groups is 1. The Morgan fingerprint density at radius 2 is 1.90 bits per heavy atom. The Morgan fingerprint density at radius 3 is 2.60 bits per heavy atom. The second-order valence-electron chi connectivity index (χ2n) is 4.36. The molecule has 2 heterocycles. The lowest BCUT2D eigenvalue weighted by Gasteiger charge is -2.04. The van der Waals surface area contributed by atoms with Gasteiger partial charge in [-0.05, 0) is 36.4 Å². The van der Waals surface area contributed by atoms with Crippen molar-refractivity contribution in [3.8, 4) is 11.4 Å². The number of benzene rings is 1. The highest BCUT2D eigenvalue weighted by molar-refractivity contribution is 5.88. The van der Waals surface area contributed by atoms with E-state index in [1.54, 1.807) is 34.9 Å². The van der Waals surface area contributed by atoms with E-state index < -0.39 is 0 Å². The predicted octanol–water partition coefficient (Wildman–Crippen LogP) is 2.49. The number of fused-ring (bicyclic) bond motifs is 1. The first kappa shape index (κ1) is 12.3. The van der Waals surface area contributed by atoms with Crippen molar-refractivity contribution in [1.82, 2.24) is 14.6 Å². The summed E-state index contributed by atoms with van der Waals surface area (Å²) in [5.41, 5.74) is 2.05. The van der Waals surface area contributed by atoms with Crippen molar-refractivity contribution in [3.63, 3.8) is 0 Å². The maximum absolute atomic E-state index is 13.0. The fraction of sp³-hybridized carbons (Fsp3) is 0.0714. The predicted molar refractivity (Wildman–Crippen MR) is 72.7 cm³/mol. The summed E-state index contributed by atoms with van der Waals surface area (Å²) >= 11 is 0. The minimum absolute atomic E-state index is 0.152. The van der Waals surface area contributed by atoms with Crippen LogP contribution >= 0.6 is 0 Å². The molecule has 0 aliphatic heterocycles. The second kappa shape index (κ2) is 4.73. The SMILES string of the molecule is CC(=O)Nc1ccc2nnc(-c3ccc(F)cc3)n2c1. The van der Waals surface area contributed by atoms with Crippen LogP contribution in [0.15, 0.2) is 42.6 Å². The molecule has 0 saturated carbocycles. The molecule has 1 N–H and O–H groups in total. The van der Waals surface area contributed by atoms with Gasteiger partial charge in [0.1, 0.15) is 5.82 Å². The summed E-state index contributed by atoms with van der Waals surface area (Å²) in [5, 5.41) is 10.8. The average molecular weight is 270 g/mol. The zero-order valence-corrected chi connectivity index (χ0v) is 10.7. The van der Waals surface area contributed by atoms with Gasteiger partial charge in [-0.15, -0.1) is 10.2 Å². The van der Waals surface area contributed by atoms with Crippen LogP contribution in [-0.4, -0.2) is 20.5 Å². The second-order valence-corrected chi connectivity index (χ2v) is 4.36. The number of aromatic nitrogens is 3. The van der Waals surface area contributed by atoms with Crippen molar-refractivity contribution in [1.29, 1.82) is 0 Å². The number of rotatable bonds is 2. The van der Waals surface area contributed by atoms with Crippen molar-refractivity contribution in [3.05, 3.63) is 48.4 Å². The zero-order chi connectivity index (χ0) is 14.1. The molecule has 2 aromatic heterocycles. The van der Waals surface area contributed by atoms with Crippen molar-refractivity contribution >= 4 is 17.2 Å². The first-order valence-electron chi connectivity index (χ1n) is 6.02. The molecule has 0 spiro atoms. The lowest BCUT2D eigenvalue weighted by Crippen LogP contribution is -2.06. The van der Waals surface area contributed by atoms with Crippen molar-refractivity contribution in [2.75, 3.05) is 5.32 Å². The Hall–Kier alpha value is -2.76. The van der Waals surface area contributed by atoms with Gasteiger partial charge in [0, 0.05) is 18.7 Å². The van der Waals surface area contributed by atoms with Crippen molar-refractivity contribution in [2.24, 2.45) is 0 Å². The molecule has 0 aliphatic carbocycles. The van der Waals surface area contributed by atoms with Crippen LogP contribution in [0.25, 0.3) is 17.0 Å². The lowest BCUT2D eigenvalue weighted by atomic mass is 10.2. The van der Waals surface area contributed by atoms with Gasteiger partial charge in [0.05, 0.1) is 5.69 Å². The molecule has 3 rings (SSSR count). The number of carbonyl (C=O) groups excluding carboxylic acids is 1. The number of nitrogens with zero attached hydrogens (tertiary/aromatic N) is 3. The van der Waals surface area contributed by atoms with E-state index in [0.717, 1.165) is 5.56 Å². The molecular weight excluding hydrogens is 259 g/mol. The molecule has 20 heavy (non-hydrogen) atoms. The molecule has 5 nitrogen and oxygen atoms in total. The van der Waals surface area contributed by atoms with Crippen LogP contribution in [0, 0.1) is 5.82 Å². The molecule has 100 valence electrons. The van der Waals surface area contributed by atoms with Crippen LogP contribution in [0.2, 0.25) is 0 Å². The molecule has 6 heteroatoms. The first-order chi connectivity index (χ1) is 9.63. The van der Waals surface area contributed by atoms with Crippen LogP contribution in [0.3, 0.4) is 0 Å². The Bertz CT molecular complexity index is 779. The van der Waals surface area contributed by atoms with Gasteiger partial charge in [-0.1, -0.05) is 0 Å². The number of halogens is 1. The molecule has 0 radical (unpaired) electrons. The molecule has 0 saturated heterocycles. The highest BCUT2D eigenvalue weighted by Gasteiger charge is 2.09. The summed E-state index contributed by atoms with van der Waals surface area (Å²) in [7, 11) is 0. The van der Waals surface area contributed by atoms with Crippen LogP contribution in [-0.2, 0) is 4.79 Å². The zero-order valence-electron chi connectivity index (χ0n) is 10.7. The van der Waals surface area contributed by atoms with E-state index in [0.29, 0.717) is 17.2 Å². The third-order valence-electron chi connectivity index (χ3n) is 2.83. The molecule has 0 bridgehead atoms. The van der Waals surface area contributed by atoms with Gasteiger partial charge >= 0.3 is 0 Å². The molecule has 0 aliphatic rings. The van der Waals surface area contributed by atoms with Crippen molar-refractivity contribution in [2.45, 2.75) is 6.92 Å². The van der Waals surface area contributed by atoms with Gasteiger partial charge in [-0.25, -0.2) is 4.39 Å². The number of amides is 1. The largest absolute Gasteiger partial charge is 0.325 e. The standard InChI is InChI=1S/C14H11FN4O/c1-9(20)16-12-6-7-13-17-18-14(19(13)8-12)10-2-4-11(15)5-3-10/h2-8H,1H3,(H,16,20). The third-order valence-corrected chi connectivity index (χ3v) is 2.83. The summed E-state index contributed by atoms with van der Waals surface area (Å²) in [5.74, 6) is 0.134. The van der Waals surface area contributed by atoms with E-state index in [4.69, 9.17) is 0 Å². The number of pyridine rings is 1. The molecule has 0 atom stereocenters. The lowest BCUT2D eigenvalue weighted by molar-refractivity contribution is -0.114. The van der Waals surface area contributed by atoms with E-state index in [1.807, 2.05) is 0 Å². The molecular formula is C14H11FN4O. The van der Waals surface area contributed by atoms with Gasteiger partial charge in [-0.3, -0.25) is 9.20 Å². The number of hydrogen-bond acceptors (Lipinski definition) is 3. The van der Waals surface area contributed by atoms with Gasteiger partial charge in [0.25, 0.3) is 0 Å². The van der Waals surface area contributed by atoms with Gasteiger partial charge in [0.2, 0.25) is 5.91 Å². The smallest absolute Gasteiger partial charge is 0.221 e. The van der Waals surface area contributed by atoms with Crippen LogP contribution < -0.4 is 5.32 Å². The number of nitrogens with one attached hydrogen (secondary N) is 1.